The quantitative estimate of drug-likeness (QED) is 0.644. The van der Waals surface area contributed by atoms with E-state index < -0.39 is 11.9 Å². The zero-order chi connectivity index (χ0) is 14.5. The number of hydrogen-bond acceptors (Lipinski definition) is 2. The smallest absolute Gasteiger partial charge is 0.332 e. The number of benzene rings is 1. The molecule has 0 saturated heterocycles. The van der Waals surface area contributed by atoms with E-state index >= 15 is 0 Å². The molecule has 0 aromatic heterocycles. The fraction of sp³-hybridized carbons (Fsp3) is 0.375. The van der Waals surface area contributed by atoms with Gasteiger partial charge in [0.2, 0.25) is 0 Å². The predicted molar refractivity (Wildman–Crippen MR) is 85.9 cm³/mol. The van der Waals surface area contributed by atoms with Crippen LogP contribution in [0.25, 0.3) is 0 Å². The predicted octanol–water partition coefficient (Wildman–Crippen LogP) is 2.12. The van der Waals surface area contributed by atoms with Crippen LogP contribution >= 0.6 is 0 Å². The van der Waals surface area contributed by atoms with E-state index in [1.165, 1.54) is 0 Å². The molecule has 1 saturated carbocycles. The van der Waals surface area contributed by atoms with Gasteiger partial charge in [0.05, 0.1) is 11.1 Å². The Morgan fingerprint density at radius 3 is 1.95 bits per heavy atom. The number of carboxylic acids is 2. The standard InChI is InChI=1S/C16H18O4.2Na/c17-15(18)13(10-11-6-2-1-3-7-11)14(16(19)20)12-8-4-5-9-12;;/h1-3,6-7,12H,4-5,8-10H2,(H,17,18)(H,19,20);;/b14-13-;;. The molecule has 0 aliphatic heterocycles. The first-order valence-corrected chi connectivity index (χ1v) is 6.83. The van der Waals surface area contributed by atoms with Crippen LogP contribution in [0.4, 0.5) is 0 Å². The second kappa shape index (κ2) is 10.6. The number of rotatable bonds is 5. The van der Waals surface area contributed by atoms with Crippen LogP contribution in [-0.4, -0.2) is 81.3 Å². The van der Waals surface area contributed by atoms with Gasteiger partial charge in [0, 0.05) is 65.5 Å². The molecule has 4 nitrogen and oxygen atoms in total. The van der Waals surface area contributed by atoms with Crippen molar-refractivity contribution in [1.82, 2.24) is 0 Å². The number of hydrogen-bond donors (Lipinski definition) is 2. The second-order valence-electron chi connectivity index (χ2n) is 5.15. The first-order chi connectivity index (χ1) is 9.59. The molecular formula is C16H18Na2O4. The Bertz CT molecular complexity index is 534. The summed E-state index contributed by atoms with van der Waals surface area (Å²) in [5, 5.41) is 18.8. The summed E-state index contributed by atoms with van der Waals surface area (Å²) in [5.74, 6) is -2.34. The largest absolute Gasteiger partial charge is 0.478 e. The number of aliphatic carboxylic acids is 2. The third-order valence-corrected chi connectivity index (χ3v) is 3.80. The topological polar surface area (TPSA) is 74.6 Å². The zero-order valence-corrected chi connectivity index (χ0v) is 17.2. The molecular weight excluding hydrogens is 302 g/mol. The van der Waals surface area contributed by atoms with E-state index in [0.29, 0.717) is 0 Å². The van der Waals surface area contributed by atoms with E-state index in [4.69, 9.17) is 0 Å². The molecule has 1 fully saturated rings. The van der Waals surface area contributed by atoms with Crippen molar-refractivity contribution in [3.05, 3.63) is 47.0 Å². The van der Waals surface area contributed by atoms with Crippen molar-refractivity contribution in [2.24, 2.45) is 5.92 Å². The molecule has 2 N–H and O–H groups in total. The van der Waals surface area contributed by atoms with Gasteiger partial charge in [-0.25, -0.2) is 9.59 Å². The molecule has 1 aliphatic rings. The molecule has 108 valence electrons. The van der Waals surface area contributed by atoms with Crippen LogP contribution in [0.5, 0.6) is 0 Å². The third kappa shape index (κ3) is 5.84. The van der Waals surface area contributed by atoms with Gasteiger partial charge in [-0.2, -0.15) is 0 Å². The summed E-state index contributed by atoms with van der Waals surface area (Å²) in [7, 11) is 0. The molecule has 0 unspecified atom stereocenters. The van der Waals surface area contributed by atoms with Crippen molar-refractivity contribution in [3.63, 3.8) is 0 Å². The first-order valence-electron chi connectivity index (χ1n) is 6.83. The van der Waals surface area contributed by atoms with Crippen LogP contribution in [0.1, 0.15) is 31.2 Å². The minimum absolute atomic E-state index is 0. The maximum absolute atomic E-state index is 11.5. The Morgan fingerprint density at radius 1 is 0.955 bits per heavy atom. The summed E-state index contributed by atoms with van der Waals surface area (Å²) >= 11 is 0. The molecule has 0 atom stereocenters. The van der Waals surface area contributed by atoms with Gasteiger partial charge in [-0.3, -0.25) is 0 Å². The van der Waals surface area contributed by atoms with Crippen LogP contribution in [0.15, 0.2) is 41.5 Å². The molecule has 2 rings (SSSR count). The van der Waals surface area contributed by atoms with Crippen LogP contribution in [0.3, 0.4) is 0 Å². The van der Waals surface area contributed by atoms with E-state index in [1.807, 2.05) is 30.3 Å². The van der Waals surface area contributed by atoms with E-state index in [2.05, 4.69) is 0 Å². The van der Waals surface area contributed by atoms with Crippen LogP contribution < -0.4 is 0 Å². The molecule has 6 heteroatoms. The maximum Gasteiger partial charge on any atom is 0.332 e. The van der Waals surface area contributed by atoms with Crippen LogP contribution in [0, 0.1) is 5.92 Å². The second-order valence-corrected chi connectivity index (χ2v) is 5.15. The monoisotopic (exact) mass is 320 g/mol. The SMILES string of the molecule is O=C(O)/C(Cc1ccccc1)=C(\C(=O)O)C1CCCC1.[Na].[Na]. The van der Waals surface area contributed by atoms with Crippen molar-refractivity contribution in [2.75, 3.05) is 0 Å². The summed E-state index contributed by atoms with van der Waals surface area (Å²) in [6.45, 7) is 0. The van der Waals surface area contributed by atoms with E-state index in [0.717, 1.165) is 31.2 Å². The maximum atomic E-state index is 11.5. The minimum atomic E-state index is -1.13. The van der Waals surface area contributed by atoms with Gasteiger partial charge >= 0.3 is 11.9 Å². The normalized spacial score (nSPS) is 15.3. The van der Waals surface area contributed by atoms with Gasteiger partial charge in [0.25, 0.3) is 0 Å². The molecule has 1 aromatic rings. The summed E-state index contributed by atoms with van der Waals surface area (Å²) < 4.78 is 0. The van der Waals surface area contributed by atoms with Crippen molar-refractivity contribution >= 4 is 71.1 Å². The molecule has 0 amide bonds. The molecule has 1 aromatic carbocycles. The molecule has 0 bridgehead atoms. The van der Waals surface area contributed by atoms with Gasteiger partial charge < -0.3 is 10.2 Å². The summed E-state index contributed by atoms with van der Waals surface area (Å²) in [4.78, 5) is 23.0. The molecule has 0 spiro atoms. The Morgan fingerprint density at radius 2 is 1.50 bits per heavy atom. The Balaban J connectivity index is 0.00000220. The average molecular weight is 320 g/mol. The van der Waals surface area contributed by atoms with E-state index in [-0.39, 0.29) is 82.6 Å². The first kappa shape index (κ1) is 21.9. The van der Waals surface area contributed by atoms with E-state index in [9.17, 15) is 19.8 Å². The summed E-state index contributed by atoms with van der Waals surface area (Å²) in [6, 6.07) is 9.13. The van der Waals surface area contributed by atoms with Gasteiger partial charge in [-0.15, -0.1) is 0 Å². The van der Waals surface area contributed by atoms with Crippen molar-refractivity contribution < 1.29 is 19.8 Å². The van der Waals surface area contributed by atoms with Gasteiger partial charge in [-0.1, -0.05) is 43.2 Å². The molecule has 1 aliphatic carbocycles. The van der Waals surface area contributed by atoms with Gasteiger partial charge in [-0.05, 0) is 24.3 Å². The van der Waals surface area contributed by atoms with Gasteiger partial charge in [0.1, 0.15) is 0 Å². The Labute approximate surface area is 174 Å². The Kier molecular flexibility index (Phi) is 10.6. The molecule has 22 heavy (non-hydrogen) atoms. The number of carbonyl (C=O) groups is 2. The fourth-order valence-corrected chi connectivity index (χ4v) is 2.85. The third-order valence-electron chi connectivity index (χ3n) is 3.80. The fourth-order valence-electron chi connectivity index (χ4n) is 2.85. The zero-order valence-electron chi connectivity index (χ0n) is 13.2. The van der Waals surface area contributed by atoms with Crippen molar-refractivity contribution in [1.29, 1.82) is 0 Å². The molecule has 0 heterocycles. The molecule has 2 radical (unpaired) electrons. The Hall–Kier alpha value is -0.1000. The van der Waals surface area contributed by atoms with Crippen LogP contribution in [-0.2, 0) is 16.0 Å². The van der Waals surface area contributed by atoms with Gasteiger partial charge in [0.15, 0.2) is 0 Å². The van der Waals surface area contributed by atoms with Crippen LogP contribution in [0.2, 0.25) is 0 Å². The number of carboxylic acid groups (broad SMARTS) is 2. The average Bonchev–Trinajstić information content (AvgIpc) is 2.92. The van der Waals surface area contributed by atoms with E-state index in [1.54, 1.807) is 0 Å². The van der Waals surface area contributed by atoms with Crippen molar-refractivity contribution in [2.45, 2.75) is 32.1 Å². The summed E-state index contributed by atoms with van der Waals surface area (Å²) in [5.41, 5.74) is 0.941. The summed E-state index contributed by atoms with van der Waals surface area (Å²) in [6.07, 6.45) is 3.65. The minimum Gasteiger partial charge on any atom is -0.478 e. The van der Waals surface area contributed by atoms with Crippen molar-refractivity contribution in [3.8, 4) is 0 Å².